The quantitative estimate of drug-likeness (QED) is 0.0596. The standard InChI is InChI=1S/C50H84O6/c1-11-12-13-14-15-16-17-18-19-20-21-22-23-24-44(53)56-42-28-29-47(8)40(46(42,6)7)27-30-48(9)41(47)26-25-38-39-33-45(4,5)31-32-50(39,35-54-36(2)51)43(55-37(3)52)34-49(38,48)10/h25,39-43H,11-24,26-35H2,1-10H3/t39-,40-,41+,42-,43-,47-,48+,49+,50+/m0/s1. The summed E-state index contributed by atoms with van der Waals surface area (Å²) in [4.78, 5) is 38.4. The van der Waals surface area contributed by atoms with Gasteiger partial charge in [0.15, 0.2) is 0 Å². The first kappa shape index (κ1) is 45.2. The minimum Gasteiger partial charge on any atom is -0.465 e. The van der Waals surface area contributed by atoms with Crippen LogP contribution in [0.2, 0.25) is 0 Å². The second-order valence-electron chi connectivity index (χ2n) is 21.9. The maximum absolute atomic E-state index is 13.3. The van der Waals surface area contributed by atoms with Crippen LogP contribution < -0.4 is 0 Å². The third kappa shape index (κ3) is 9.14. The summed E-state index contributed by atoms with van der Waals surface area (Å²) in [5.41, 5.74) is 1.15. The van der Waals surface area contributed by atoms with E-state index in [4.69, 9.17) is 14.2 Å². The number of fused-ring (bicyclic) bond motifs is 7. The summed E-state index contributed by atoms with van der Waals surface area (Å²) in [5, 5.41) is 0. The number of hydrogen-bond acceptors (Lipinski definition) is 6. The van der Waals surface area contributed by atoms with Crippen LogP contribution >= 0.6 is 0 Å². The van der Waals surface area contributed by atoms with Crippen molar-refractivity contribution in [1.29, 1.82) is 0 Å². The molecular formula is C50H84O6. The Morgan fingerprint density at radius 3 is 1.86 bits per heavy atom. The Labute approximate surface area is 343 Å². The number of hydrogen-bond donors (Lipinski definition) is 0. The molecule has 0 bridgehead atoms. The number of esters is 3. The predicted octanol–water partition coefficient (Wildman–Crippen LogP) is 13.3. The van der Waals surface area contributed by atoms with Crippen molar-refractivity contribution in [1.82, 2.24) is 0 Å². The van der Waals surface area contributed by atoms with Gasteiger partial charge in [0.2, 0.25) is 0 Å². The highest BCUT2D eigenvalue weighted by Crippen LogP contribution is 2.76. The topological polar surface area (TPSA) is 78.9 Å². The first-order valence-electron chi connectivity index (χ1n) is 23.6. The van der Waals surface area contributed by atoms with Gasteiger partial charge in [-0.15, -0.1) is 0 Å². The van der Waals surface area contributed by atoms with Crippen LogP contribution in [0.15, 0.2) is 11.6 Å². The fourth-order valence-corrected chi connectivity index (χ4v) is 14.0. The Bertz CT molecular complexity index is 1400. The summed E-state index contributed by atoms with van der Waals surface area (Å²) in [6.07, 6.45) is 28.7. The van der Waals surface area contributed by atoms with E-state index in [-0.39, 0.29) is 63.1 Å². The maximum atomic E-state index is 13.3. The third-order valence-corrected chi connectivity index (χ3v) is 17.4. The number of carbonyl (C=O) groups excluding carboxylic acids is 3. The predicted molar refractivity (Wildman–Crippen MR) is 227 cm³/mol. The van der Waals surface area contributed by atoms with Gasteiger partial charge in [-0.25, -0.2) is 0 Å². The van der Waals surface area contributed by atoms with Gasteiger partial charge < -0.3 is 14.2 Å². The zero-order valence-electron chi connectivity index (χ0n) is 37.9. The molecule has 0 heterocycles. The van der Waals surface area contributed by atoms with Gasteiger partial charge in [-0.1, -0.05) is 144 Å². The first-order chi connectivity index (χ1) is 26.4. The first-order valence-corrected chi connectivity index (χ1v) is 23.6. The van der Waals surface area contributed by atoms with E-state index in [1.807, 2.05) is 0 Å². The SMILES string of the molecule is CCCCCCCCCCCCCCCC(=O)O[C@H]1CC[C@]2(C)[C@H]3CC=C4[C@@H]5CC(C)(C)CC[C@]5(COC(C)=O)[C@@H](OC(C)=O)C[C@@]4(C)[C@]3(C)CC[C@H]2C1(C)C. The molecule has 56 heavy (non-hydrogen) atoms. The van der Waals surface area contributed by atoms with E-state index in [1.165, 1.54) is 83.1 Å². The van der Waals surface area contributed by atoms with Crippen LogP contribution in [-0.2, 0) is 28.6 Å². The molecule has 0 aromatic carbocycles. The Hall–Kier alpha value is -1.85. The maximum Gasteiger partial charge on any atom is 0.306 e. The summed E-state index contributed by atoms with van der Waals surface area (Å²) in [5.74, 6) is 0.614. The third-order valence-electron chi connectivity index (χ3n) is 17.4. The van der Waals surface area contributed by atoms with Crippen LogP contribution in [0.3, 0.4) is 0 Å². The molecule has 0 saturated heterocycles. The minimum absolute atomic E-state index is 0.000452. The van der Waals surface area contributed by atoms with Crippen molar-refractivity contribution in [3.8, 4) is 0 Å². The van der Waals surface area contributed by atoms with Gasteiger partial charge in [-0.3, -0.25) is 14.4 Å². The van der Waals surface area contributed by atoms with Crippen molar-refractivity contribution in [2.24, 2.45) is 50.2 Å². The van der Waals surface area contributed by atoms with E-state index in [0.717, 1.165) is 70.6 Å². The highest BCUT2D eigenvalue weighted by Gasteiger charge is 2.71. The molecule has 0 spiro atoms. The molecule has 0 unspecified atom stereocenters. The highest BCUT2D eigenvalue weighted by atomic mass is 16.6. The van der Waals surface area contributed by atoms with E-state index >= 15 is 0 Å². The summed E-state index contributed by atoms with van der Waals surface area (Å²) in [7, 11) is 0. The second-order valence-corrected chi connectivity index (χ2v) is 21.9. The molecule has 6 nitrogen and oxygen atoms in total. The van der Waals surface area contributed by atoms with Crippen molar-refractivity contribution in [3.05, 3.63) is 11.6 Å². The Morgan fingerprint density at radius 1 is 0.661 bits per heavy atom. The monoisotopic (exact) mass is 781 g/mol. The molecule has 0 radical (unpaired) electrons. The van der Waals surface area contributed by atoms with E-state index in [1.54, 1.807) is 6.92 Å². The lowest BCUT2D eigenvalue weighted by molar-refractivity contribution is -0.228. The molecule has 6 heteroatoms. The van der Waals surface area contributed by atoms with Crippen LogP contribution in [0, 0.1) is 50.2 Å². The average Bonchev–Trinajstić information content (AvgIpc) is 3.11. The zero-order valence-corrected chi connectivity index (χ0v) is 37.9. The van der Waals surface area contributed by atoms with E-state index in [9.17, 15) is 14.4 Å². The molecule has 5 aliphatic carbocycles. The van der Waals surface area contributed by atoms with E-state index < -0.39 is 5.41 Å². The van der Waals surface area contributed by atoms with Crippen LogP contribution in [0.1, 0.15) is 217 Å². The number of carbonyl (C=O) groups is 3. The molecular weight excluding hydrogens is 697 g/mol. The Kier molecular flexibility index (Phi) is 14.7. The second kappa shape index (κ2) is 18.2. The van der Waals surface area contributed by atoms with Crippen molar-refractivity contribution in [2.75, 3.05) is 6.61 Å². The molecule has 320 valence electrons. The van der Waals surface area contributed by atoms with Gasteiger partial charge in [0.1, 0.15) is 18.8 Å². The molecule has 5 aliphatic rings. The van der Waals surface area contributed by atoms with Gasteiger partial charge in [-0.05, 0) is 104 Å². The van der Waals surface area contributed by atoms with Crippen LogP contribution in [-0.4, -0.2) is 36.7 Å². The molecule has 0 aromatic rings. The molecule has 4 saturated carbocycles. The lowest BCUT2D eigenvalue weighted by Crippen LogP contribution is -2.67. The Morgan fingerprint density at radius 2 is 1.27 bits per heavy atom. The van der Waals surface area contributed by atoms with Gasteiger partial charge in [-0.2, -0.15) is 0 Å². The lowest BCUT2D eigenvalue weighted by Gasteiger charge is -2.72. The Balaban J connectivity index is 1.23. The fraction of sp³-hybridized carbons (Fsp3) is 0.900. The molecule has 9 atom stereocenters. The molecule has 0 N–H and O–H groups in total. The summed E-state index contributed by atoms with van der Waals surface area (Å²) in [6.45, 7) is 22.8. The summed E-state index contributed by atoms with van der Waals surface area (Å²) in [6, 6.07) is 0. The molecule has 5 rings (SSSR count). The molecule has 4 fully saturated rings. The lowest BCUT2D eigenvalue weighted by atomic mass is 9.33. The van der Waals surface area contributed by atoms with Crippen molar-refractivity contribution < 1.29 is 28.6 Å². The van der Waals surface area contributed by atoms with Crippen LogP contribution in [0.5, 0.6) is 0 Å². The molecule has 0 amide bonds. The number of unbranched alkanes of at least 4 members (excludes halogenated alkanes) is 12. The zero-order chi connectivity index (χ0) is 41.0. The average molecular weight is 781 g/mol. The molecule has 0 aromatic heterocycles. The summed E-state index contributed by atoms with van der Waals surface area (Å²) >= 11 is 0. The van der Waals surface area contributed by atoms with Crippen molar-refractivity contribution in [3.63, 3.8) is 0 Å². The van der Waals surface area contributed by atoms with Crippen molar-refractivity contribution in [2.45, 2.75) is 229 Å². The van der Waals surface area contributed by atoms with Crippen molar-refractivity contribution >= 4 is 17.9 Å². The van der Waals surface area contributed by atoms with Crippen LogP contribution in [0.4, 0.5) is 0 Å². The smallest absolute Gasteiger partial charge is 0.306 e. The minimum atomic E-state index is -0.403. The number of ether oxygens (including phenoxy) is 3. The number of rotatable bonds is 18. The van der Waals surface area contributed by atoms with Gasteiger partial charge >= 0.3 is 17.9 Å². The molecule has 0 aliphatic heterocycles. The van der Waals surface area contributed by atoms with E-state index in [0.29, 0.717) is 24.9 Å². The van der Waals surface area contributed by atoms with E-state index in [2.05, 4.69) is 61.5 Å². The fourth-order valence-electron chi connectivity index (χ4n) is 14.0. The highest BCUT2D eigenvalue weighted by molar-refractivity contribution is 5.69. The summed E-state index contributed by atoms with van der Waals surface area (Å²) < 4.78 is 18.7. The normalized spacial score (nSPS) is 36.8. The van der Waals surface area contributed by atoms with Crippen LogP contribution in [0.25, 0.3) is 0 Å². The largest absolute Gasteiger partial charge is 0.465 e. The van der Waals surface area contributed by atoms with Gasteiger partial charge in [0, 0.05) is 31.1 Å². The van der Waals surface area contributed by atoms with Gasteiger partial charge in [0.25, 0.3) is 0 Å². The van der Waals surface area contributed by atoms with Gasteiger partial charge in [0.05, 0.1) is 0 Å². The number of allylic oxidation sites excluding steroid dienone is 2.